The molecule has 0 aliphatic rings. The molecule has 2 N–H and O–H groups in total. The van der Waals surface area contributed by atoms with Crippen molar-refractivity contribution in [2.45, 2.75) is 39.3 Å². The van der Waals surface area contributed by atoms with Crippen LogP contribution in [0.25, 0.3) is 0 Å². The minimum absolute atomic E-state index is 0.0307. The summed E-state index contributed by atoms with van der Waals surface area (Å²) in [7, 11) is 0. The van der Waals surface area contributed by atoms with Gasteiger partial charge in [0, 0.05) is 5.56 Å². The average Bonchev–Trinajstić information content (AvgIpc) is 2.30. The van der Waals surface area contributed by atoms with Gasteiger partial charge in [-0.1, -0.05) is 0 Å². The Morgan fingerprint density at radius 3 is 2.45 bits per heavy atom. The van der Waals surface area contributed by atoms with Gasteiger partial charge in [-0.15, -0.1) is 0 Å². The van der Waals surface area contributed by atoms with E-state index in [1.54, 1.807) is 39.8 Å². The van der Waals surface area contributed by atoms with Crippen molar-refractivity contribution in [3.8, 4) is 5.75 Å². The molecule has 0 unspecified atom stereocenters. The van der Waals surface area contributed by atoms with E-state index in [9.17, 15) is 14.7 Å². The molecule has 5 nitrogen and oxygen atoms in total. The molecular formula is C14H18INO4. The van der Waals surface area contributed by atoms with Crippen LogP contribution in [-0.2, 0) is 9.53 Å². The number of hydrogen-bond donors (Lipinski definition) is 2. The number of benzene rings is 1. The number of esters is 1. The van der Waals surface area contributed by atoms with E-state index in [4.69, 9.17) is 4.74 Å². The fourth-order valence-corrected chi connectivity index (χ4v) is 1.72. The van der Waals surface area contributed by atoms with Crippen LogP contribution in [0.15, 0.2) is 18.2 Å². The van der Waals surface area contributed by atoms with Gasteiger partial charge < -0.3 is 15.2 Å². The third-order valence-corrected chi connectivity index (χ3v) is 3.23. The summed E-state index contributed by atoms with van der Waals surface area (Å²) in [6.45, 7) is 6.84. The van der Waals surface area contributed by atoms with Crippen molar-refractivity contribution in [1.29, 1.82) is 0 Å². The lowest BCUT2D eigenvalue weighted by Gasteiger charge is -2.22. The Bertz CT molecular complexity index is 522. The van der Waals surface area contributed by atoms with Crippen LogP contribution < -0.4 is 5.32 Å². The van der Waals surface area contributed by atoms with E-state index in [0.717, 1.165) is 0 Å². The fraction of sp³-hybridized carbons (Fsp3) is 0.429. The van der Waals surface area contributed by atoms with Gasteiger partial charge in [0.25, 0.3) is 5.91 Å². The predicted octanol–water partition coefficient (Wildman–Crippen LogP) is 2.46. The summed E-state index contributed by atoms with van der Waals surface area (Å²) in [5, 5.41) is 12.1. The van der Waals surface area contributed by atoms with Gasteiger partial charge in [0.15, 0.2) is 0 Å². The highest BCUT2D eigenvalue weighted by Crippen LogP contribution is 2.20. The molecule has 110 valence electrons. The first-order valence-corrected chi connectivity index (χ1v) is 7.20. The number of hydrogen-bond acceptors (Lipinski definition) is 4. The molecule has 6 heteroatoms. The lowest BCUT2D eigenvalue weighted by Crippen LogP contribution is -2.42. The van der Waals surface area contributed by atoms with Crippen molar-refractivity contribution in [2.75, 3.05) is 0 Å². The molecule has 1 atom stereocenters. The highest BCUT2D eigenvalue weighted by atomic mass is 127. The SMILES string of the molecule is C[C@@H](NC(=O)c1ccc(I)c(O)c1)C(=O)OC(C)(C)C. The number of carbonyl (C=O) groups is 2. The number of phenols is 1. The molecular weight excluding hydrogens is 373 g/mol. The molecule has 0 aromatic heterocycles. The van der Waals surface area contributed by atoms with E-state index in [1.807, 2.05) is 22.6 Å². The van der Waals surface area contributed by atoms with Crippen LogP contribution in [0, 0.1) is 3.57 Å². The number of halogens is 1. The normalized spacial score (nSPS) is 12.7. The summed E-state index contributed by atoms with van der Waals surface area (Å²) < 4.78 is 5.83. The van der Waals surface area contributed by atoms with Gasteiger partial charge in [0.1, 0.15) is 17.4 Å². The van der Waals surface area contributed by atoms with Crippen LogP contribution in [0.5, 0.6) is 5.75 Å². The first-order valence-electron chi connectivity index (χ1n) is 6.12. The van der Waals surface area contributed by atoms with Crippen molar-refractivity contribution in [1.82, 2.24) is 5.32 Å². The number of aromatic hydroxyl groups is 1. The smallest absolute Gasteiger partial charge is 0.328 e. The number of amides is 1. The molecule has 0 saturated heterocycles. The fourth-order valence-electron chi connectivity index (χ4n) is 1.38. The van der Waals surface area contributed by atoms with Crippen LogP contribution in [0.1, 0.15) is 38.1 Å². The Kier molecular flexibility index (Phi) is 5.38. The van der Waals surface area contributed by atoms with E-state index in [2.05, 4.69) is 5.32 Å². The molecule has 20 heavy (non-hydrogen) atoms. The predicted molar refractivity (Wildman–Crippen MR) is 83.6 cm³/mol. The van der Waals surface area contributed by atoms with Gasteiger partial charge in [-0.25, -0.2) is 4.79 Å². The second-order valence-electron chi connectivity index (χ2n) is 5.39. The molecule has 0 heterocycles. The van der Waals surface area contributed by atoms with Gasteiger partial charge in [0.2, 0.25) is 0 Å². The summed E-state index contributed by atoms with van der Waals surface area (Å²) in [4.78, 5) is 23.7. The molecule has 0 fully saturated rings. The second kappa shape index (κ2) is 6.43. The monoisotopic (exact) mass is 391 g/mol. The van der Waals surface area contributed by atoms with E-state index < -0.39 is 23.5 Å². The Hall–Kier alpha value is -1.31. The van der Waals surface area contributed by atoms with E-state index in [-0.39, 0.29) is 5.75 Å². The quantitative estimate of drug-likeness (QED) is 0.613. The van der Waals surface area contributed by atoms with Crippen molar-refractivity contribution in [2.24, 2.45) is 0 Å². The minimum atomic E-state index is -0.761. The average molecular weight is 391 g/mol. The van der Waals surface area contributed by atoms with Crippen LogP contribution in [0.3, 0.4) is 0 Å². The maximum Gasteiger partial charge on any atom is 0.328 e. The molecule has 0 aliphatic heterocycles. The Morgan fingerprint density at radius 2 is 1.95 bits per heavy atom. The summed E-state index contributed by atoms with van der Waals surface area (Å²) in [5.41, 5.74) is -0.310. The molecule has 0 bridgehead atoms. The van der Waals surface area contributed by atoms with E-state index in [1.165, 1.54) is 6.07 Å². The van der Waals surface area contributed by atoms with Crippen molar-refractivity contribution < 1.29 is 19.4 Å². The molecule has 1 amide bonds. The van der Waals surface area contributed by atoms with E-state index in [0.29, 0.717) is 9.13 Å². The second-order valence-corrected chi connectivity index (χ2v) is 6.56. The van der Waals surface area contributed by atoms with Crippen LogP contribution in [-0.4, -0.2) is 28.6 Å². The first kappa shape index (κ1) is 16.7. The first-order chi connectivity index (χ1) is 9.10. The molecule has 0 aliphatic carbocycles. The molecule has 0 saturated carbocycles. The summed E-state index contributed by atoms with van der Waals surface area (Å²) in [6, 6.07) is 3.81. The number of nitrogens with one attached hydrogen (secondary N) is 1. The standard InChI is InChI=1S/C14H18INO4/c1-8(13(19)20-14(2,3)4)16-12(18)9-5-6-10(15)11(17)7-9/h5-8,17H,1-4H3,(H,16,18)/t8-/m1/s1. The van der Waals surface area contributed by atoms with Gasteiger partial charge in [-0.3, -0.25) is 4.79 Å². The number of carbonyl (C=O) groups excluding carboxylic acids is 2. The topological polar surface area (TPSA) is 75.6 Å². The van der Waals surface area contributed by atoms with Crippen molar-refractivity contribution in [3.63, 3.8) is 0 Å². The van der Waals surface area contributed by atoms with E-state index >= 15 is 0 Å². The Balaban J connectivity index is 2.70. The van der Waals surface area contributed by atoms with Gasteiger partial charge in [-0.2, -0.15) is 0 Å². The third-order valence-electron chi connectivity index (χ3n) is 2.32. The van der Waals surface area contributed by atoms with Crippen molar-refractivity contribution >= 4 is 34.5 Å². The summed E-state index contributed by atoms with van der Waals surface area (Å²) in [6.07, 6.45) is 0. The zero-order valence-electron chi connectivity index (χ0n) is 11.9. The highest BCUT2D eigenvalue weighted by molar-refractivity contribution is 14.1. The Morgan fingerprint density at radius 1 is 1.35 bits per heavy atom. The van der Waals surface area contributed by atoms with Crippen LogP contribution >= 0.6 is 22.6 Å². The summed E-state index contributed by atoms with van der Waals surface area (Å²) in [5.74, 6) is -0.904. The molecule has 1 aromatic carbocycles. The Labute approximate surface area is 131 Å². The molecule has 0 spiro atoms. The highest BCUT2D eigenvalue weighted by Gasteiger charge is 2.23. The molecule has 0 radical (unpaired) electrons. The number of ether oxygens (including phenoxy) is 1. The van der Waals surface area contributed by atoms with Gasteiger partial charge >= 0.3 is 5.97 Å². The zero-order valence-corrected chi connectivity index (χ0v) is 14.0. The molecule has 1 aromatic rings. The van der Waals surface area contributed by atoms with Gasteiger partial charge in [0.05, 0.1) is 3.57 Å². The third kappa shape index (κ3) is 4.99. The largest absolute Gasteiger partial charge is 0.507 e. The van der Waals surface area contributed by atoms with Crippen LogP contribution in [0.2, 0.25) is 0 Å². The summed E-state index contributed by atoms with van der Waals surface area (Å²) >= 11 is 1.96. The minimum Gasteiger partial charge on any atom is -0.507 e. The lowest BCUT2D eigenvalue weighted by molar-refractivity contribution is -0.156. The van der Waals surface area contributed by atoms with Crippen molar-refractivity contribution in [3.05, 3.63) is 27.3 Å². The zero-order chi connectivity index (χ0) is 15.5. The number of rotatable bonds is 3. The maximum atomic E-state index is 12.0. The van der Waals surface area contributed by atoms with Crippen LogP contribution in [0.4, 0.5) is 0 Å². The lowest BCUT2D eigenvalue weighted by atomic mass is 10.1. The maximum absolute atomic E-state index is 12.0. The molecule has 1 rings (SSSR count). The number of phenolic OH excluding ortho intramolecular Hbond substituents is 1. The van der Waals surface area contributed by atoms with Gasteiger partial charge in [-0.05, 0) is 68.5 Å².